The summed E-state index contributed by atoms with van der Waals surface area (Å²) in [6, 6.07) is 45.7. The maximum absolute atomic E-state index is 2.41. The third-order valence-corrected chi connectivity index (χ3v) is 14.0. The average molecular weight is 797 g/mol. The highest BCUT2D eigenvalue weighted by Gasteiger charge is 2.23. The molecule has 4 aromatic carbocycles. The summed E-state index contributed by atoms with van der Waals surface area (Å²) in [7, 11) is 0. The van der Waals surface area contributed by atoms with Gasteiger partial charge in [-0.25, -0.2) is 0 Å². The van der Waals surface area contributed by atoms with Crippen LogP contribution in [-0.4, -0.2) is 0 Å². The summed E-state index contributed by atoms with van der Waals surface area (Å²) in [5, 5.41) is 0. The second kappa shape index (κ2) is 31.7. The van der Waals surface area contributed by atoms with Crippen molar-refractivity contribution in [3.63, 3.8) is 0 Å². The molecule has 0 fully saturated rings. The normalized spacial score (nSPS) is 14.2. The van der Waals surface area contributed by atoms with Crippen LogP contribution in [0.15, 0.2) is 121 Å². The van der Waals surface area contributed by atoms with Crippen LogP contribution >= 0.6 is 0 Å². The Morgan fingerprint density at radius 2 is 0.576 bits per heavy atom. The van der Waals surface area contributed by atoms with E-state index in [0.717, 1.165) is 11.8 Å². The van der Waals surface area contributed by atoms with Crippen molar-refractivity contribution in [3.05, 3.63) is 144 Å². The number of unbranched alkanes of at least 4 members (excludes halogenated alkanes) is 15. The Kier molecular flexibility index (Phi) is 26.1. The summed E-state index contributed by atoms with van der Waals surface area (Å²) >= 11 is 0. The molecule has 0 bridgehead atoms. The molecule has 0 saturated carbocycles. The molecule has 0 heteroatoms. The van der Waals surface area contributed by atoms with Gasteiger partial charge in [-0.15, -0.1) is 0 Å². The first kappa shape index (κ1) is 48.5. The molecule has 0 radical (unpaired) electrons. The number of rotatable bonds is 35. The molecule has 0 nitrogen and oxygen atoms in total. The van der Waals surface area contributed by atoms with Gasteiger partial charge in [-0.1, -0.05) is 277 Å². The fourth-order valence-electron chi connectivity index (χ4n) is 10.2. The molecule has 0 heterocycles. The second-order valence-corrected chi connectivity index (χ2v) is 18.5. The van der Waals surface area contributed by atoms with E-state index in [1.165, 1.54) is 190 Å². The smallest absolute Gasteiger partial charge is 0.0150 e. The average Bonchev–Trinajstić information content (AvgIpc) is 3.29. The predicted molar refractivity (Wildman–Crippen MR) is 262 cm³/mol. The second-order valence-electron chi connectivity index (χ2n) is 18.5. The molecule has 0 N–H and O–H groups in total. The van der Waals surface area contributed by atoms with Gasteiger partial charge < -0.3 is 0 Å². The molecule has 4 rings (SSSR count). The van der Waals surface area contributed by atoms with Crippen LogP contribution in [0.1, 0.15) is 240 Å². The molecule has 0 aliphatic heterocycles. The van der Waals surface area contributed by atoms with Crippen molar-refractivity contribution >= 4 is 0 Å². The fourth-order valence-corrected chi connectivity index (χ4v) is 10.2. The zero-order valence-corrected chi connectivity index (χ0v) is 38.5. The molecule has 0 aliphatic rings. The minimum absolute atomic E-state index is 0.564. The molecule has 0 aliphatic carbocycles. The highest BCUT2D eigenvalue weighted by molar-refractivity contribution is 5.26. The van der Waals surface area contributed by atoms with E-state index < -0.39 is 0 Å². The predicted octanol–water partition coefficient (Wildman–Crippen LogP) is 19.3. The SMILES string of the molecule is CCCCCCC(CC)CCCCCCCCCC(CCCCCCCCCC(CC(CC(CC)c1ccccc1)c1ccccc1)c1ccccc1)c1ccccc1. The van der Waals surface area contributed by atoms with Gasteiger partial charge in [0.2, 0.25) is 0 Å². The van der Waals surface area contributed by atoms with Crippen molar-refractivity contribution < 1.29 is 0 Å². The van der Waals surface area contributed by atoms with Gasteiger partial charge in [-0.05, 0) is 90.4 Å². The third kappa shape index (κ3) is 20.3. The van der Waals surface area contributed by atoms with E-state index in [2.05, 4.69) is 142 Å². The van der Waals surface area contributed by atoms with E-state index in [0.29, 0.717) is 17.8 Å². The van der Waals surface area contributed by atoms with Crippen molar-refractivity contribution in [2.24, 2.45) is 5.92 Å². The quantitative estimate of drug-likeness (QED) is 0.0407. The van der Waals surface area contributed by atoms with Gasteiger partial charge in [0.1, 0.15) is 0 Å². The Labute approximate surface area is 365 Å². The Bertz CT molecular complexity index is 1490. The van der Waals surface area contributed by atoms with Gasteiger partial charge in [0.05, 0.1) is 0 Å². The van der Waals surface area contributed by atoms with Gasteiger partial charge in [-0.3, -0.25) is 0 Å². The van der Waals surface area contributed by atoms with E-state index >= 15 is 0 Å². The number of benzene rings is 4. The van der Waals surface area contributed by atoms with Crippen LogP contribution in [0.5, 0.6) is 0 Å². The van der Waals surface area contributed by atoms with Crippen molar-refractivity contribution in [2.75, 3.05) is 0 Å². The number of hydrogen-bond donors (Lipinski definition) is 0. The summed E-state index contributed by atoms with van der Waals surface area (Å²) in [5.41, 5.74) is 6.13. The fraction of sp³-hybridized carbons (Fsp3) is 0.593. The Balaban J connectivity index is 1.13. The van der Waals surface area contributed by atoms with Crippen LogP contribution in [0.4, 0.5) is 0 Å². The molecule has 5 unspecified atom stereocenters. The van der Waals surface area contributed by atoms with Crippen molar-refractivity contribution in [2.45, 2.75) is 218 Å². The molecule has 0 spiro atoms. The van der Waals surface area contributed by atoms with E-state index in [9.17, 15) is 0 Å². The molecule has 4 aromatic rings. The lowest BCUT2D eigenvalue weighted by Gasteiger charge is -2.28. The third-order valence-electron chi connectivity index (χ3n) is 14.0. The molecular formula is C59H88. The van der Waals surface area contributed by atoms with Crippen molar-refractivity contribution in [1.29, 1.82) is 0 Å². The largest absolute Gasteiger partial charge is 0.0654 e. The van der Waals surface area contributed by atoms with Crippen LogP contribution in [0.25, 0.3) is 0 Å². The highest BCUT2D eigenvalue weighted by Crippen LogP contribution is 2.40. The van der Waals surface area contributed by atoms with Gasteiger partial charge in [0.25, 0.3) is 0 Å². The molecule has 5 atom stereocenters. The zero-order valence-electron chi connectivity index (χ0n) is 38.5. The van der Waals surface area contributed by atoms with E-state index in [1.54, 1.807) is 5.56 Å². The molecular weight excluding hydrogens is 709 g/mol. The molecule has 324 valence electrons. The Morgan fingerprint density at radius 1 is 0.271 bits per heavy atom. The summed E-state index contributed by atoms with van der Waals surface area (Å²) in [4.78, 5) is 0. The van der Waals surface area contributed by atoms with Crippen LogP contribution in [-0.2, 0) is 0 Å². The molecule has 59 heavy (non-hydrogen) atoms. The molecule has 0 saturated heterocycles. The van der Waals surface area contributed by atoms with E-state index in [4.69, 9.17) is 0 Å². The number of hydrogen-bond acceptors (Lipinski definition) is 0. The lowest BCUT2D eigenvalue weighted by atomic mass is 9.76. The minimum Gasteiger partial charge on any atom is -0.0654 e. The first-order valence-electron chi connectivity index (χ1n) is 25.4. The molecule has 0 aromatic heterocycles. The topological polar surface area (TPSA) is 0 Å². The summed E-state index contributed by atoms with van der Waals surface area (Å²) in [5.74, 6) is 3.50. The highest BCUT2D eigenvalue weighted by atomic mass is 14.3. The van der Waals surface area contributed by atoms with Gasteiger partial charge in [-0.2, -0.15) is 0 Å². The summed E-state index contributed by atoms with van der Waals surface area (Å²) in [6.07, 6.45) is 37.4. The zero-order chi connectivity index (χ0) is 41.4. The van der Waals surface area contributed by atoms with Crippen molar-refractivity contribution in [3.8, 4) is 0 Å². The van der Waals surface area contributed by atoms with Gasteiger partial charge >= 0.3 is 0 Å². The van der Waals surface area contributed by atoms with Gasteiger partial charge in [0.15, 0.2) is 0 Å². The van der Waals surface area contributed by atoms with Crippen LogP contribution < -0.4 is 0 Å². The van der Waals surface area contributed by atoms with Crippen LogP contribution in [0.3, 0.4) is 0 Å². The maximum atomic E-state index is 2.41. The Hall–Kier alpha value is -3.12. The van der Waals surface area contributed by atoms with E-state index in [-0.39, 0.29) is 0 Å². The van der Waals surface area contributed by atoms with Gasteiger partial charge in [0, 0.05) is 0 Å². The van der Waals surface area contributed by atoms with E-state index in [1.807, 2.05) is 0 Å². The molecule has 0 amide bonds. The van der Waals surface area contributed by atoms with Crippen LogP contribution in [0.2, 0.25) is 0 Å². The summed E-state index contributed by atoms with van der Waals surface area (Å²) < 4.78 is 0. The van der Waals surface area contributed by atoms with Crippen LogP contribution in [0, 0.1) is 5.92 Å². The van der Waals surface area contributed by atoms with Crippen molar-refractivity contribution in [1.82, 2.24) is 0 Å². The summed E-state index contributed by atoms with van der Waals surface area (Å²) in [6.45, 7) is 7.11. The minimum atomic E-state index is 0.564. The monoisotopic (exact) mass is 797 g/mol. The standard InChI is InChI=1S/C59H88/c1-4-7-8-23-36-51(5-2)37-24-15-11-9-12-16-25-40-54(55-42-30-20-31-43-55)41-26-17-13-10-14-18-27-48-58(56-44-32-21-33-45-56)50-59(57-46-34-22-35-47-57)49-52(6-3)53-38-28-19-29-39-53/h19-22,28-35,38-39,42-47,51-52,54,58-59H,4-18,23-27,36-37,40-41,48-50H2,1-3H3. The first-order chi connectivity index (χ1) is 29.2. The first-order valence-corrected chi connectivity index (χ1v) is 25.4. The lowest BCUT2D eigenvalue weighted by molar-refractivity contribution is 0.393. The maximum Gasteiger partial charge on any atom is -0.0150 e. The Morgan fingerprint density at radius 3 is 0.966 bits per heavy atom. The lowest BCUT2D eigenvalue weighted by Crippen LogP contribution is -2.11.